The molecule has 0 bridgehead atoms. The topological polar surface area (TPSA) is 21.8 Å². The average molecular weight is 230 g/mol. The molecule has 2 nitrogen and oxygen atoms in total. The quantitative estimate of drug-likeness (QED) is 0.532. The van der Waals surface area contributed by atoms with Gasteiger partial charge in [-0.3, -0.25) is 0 Å². The van der Waals surface area contributed by atoms with Crippen molar-refractivity contribution in [3.05, 3.63) is 0 Å². The van der Waals surface area contributed by atoms with Crippen LogP contribution in [-0.4, -0.2) is 27.1 Å². The normalized spacial score (nSPS) is 24.0. The van der Waals surface area contributed by atoms with Crippen molar-refractivity contribution >= 4 is 8.32 Å². The molecule has 0 aromatic heterocycles. The van der Waals surface area contributed by atoms with Crippen LogP contribution in [0.2, 0.25) is 18.1 Å². The monoisotopic (exact) mass is 230 g/mol. The summed E-state index contributed by atoms with van der Waals surface area (Å²) in [5, 5.41) is 0.317. The highest BCUT2D eigenvalue weighted by Crippen LogP contribution is 2.37. The molecule has 0 aliphatic carbocycles. The van der Waals surface area contributed by atoms with E-state index in [1.54, 1.807) is 0 Å². The number of epoxide rings is 1. The van der Waals surface area contributed by atoms with E-state index in [0.29, 0.717) is 17.2 Å². The summed E-state index contributed by atoms with van der Waals surface area (Å²) in [5.41, 5.74) is 0. The summed E-state index contributed by atoms with van der Waals surface area (Å²) < 4.78 is 11.5. The van der Waals surface area contributed by atoms with Crippen molar-refractivity contribution in [2.75, 3.05) is 6.61 Å². The molecular weight excluding hydrogens is 204 g/mol. The van der Waals surface area contributed by atoms with Gasteiger partial charge in [0.15, 0.2) is 8.32 Å². The zero-order valence-electron chi connectivity index (χ0n) is 11.1. The van der Waals surface area contributed by atoms with Crippen molar-refractivity contribution in [3.63, 3.8) is 0 Å². The summed E-state index contributed by atoms with van der Waals surface area (Å²) in [5.74, 6) is 0. The summed E-state index contributed by atoms with van der Waals surface area (Å²) >= 11 is 0. The van der Waals surface area contributed by atoms with Crippen molar-refractivity contribution in [3.8, 4) is 0 Å². The molecule has 1 saturated heterocycles. The molecule has 3 heteroatoms. The first kappa shape index (κ1) is 13.2. The van der Waals surface area contributed by atoms with Crippen LogP contribution >= 0.6 is 0 Å². The molecule has 0 aromatic rings. The molecule has 0 spiro atoms. The standard InChI is InChI=1S/C12H26O2Si/c1-10(7-8-11-9-13-11)14-15(5,6)12(2,3)4/h10-11H,7-9H2,1-6H3/t10-,11-/m1/s1. The second kappa shape index (κ2) is 4.56. The van der Waals surface area contributed by atoms with E-state index in [1.807, 2.05) is 0 Å². The van der Waals surface area contributed by atoms with E-state index in [1.165, 1.54) is 0 Å². The van der Waals surface area contributed by atoms with E-state index < -0.39 is 8.32 Å². The molecule has 0 saturated carbocycles. The minimum Gasteiger partial charge on any atom is -0.414 e. The maximum Gasteiger partial charge on any atom is 0.192 e. The van der Waals surface area contributed by atoms with Gasteiger partial charge in [-0.1, -0.05) is 20.8 Å². The summed E-state index contributed by atoms with van der Waals surface area (Å²) in [6.45, 7) is 14.7. The zero-order chi connectivity index (χ0) is 11.7. The Labute approximate surface area is 95.5 Å². The van der Waals surface area contributed by atoms with Crippen molar-refractivity contribution in [1.82, 2.24) is 0 Å². The fourth-order valence-corrected chi connectivity index (χ4v) is 2.87. The third kappa shape index (κ3) is 4.25. The van der Waals surface area contributed by atoms with Crippen LogP contribution in [0.15, 0.2) is 0 Å². The van der Waals surface area contributed by atoms with Gasteiger partial charge in [0.1, 0.15) is 0 Å². The smallest absolute Gasteiger partial charge is 0.192 e. The van der Waals surface area contributed by atoms with E-state index in [4.69, 9.17) is 9.16 Å². The molecule has 1 rings (SSSR count). The minimum absolute atomic E-state index is 0.317. The Kier molecular flexibility index (Phi) is 4.01. The van der Waals surface area contributed by atoms with Gasteiger partial charge in [-0.2, -0.15) is 0 Å². The highest BCUT2D eigenvalue weighted by molar-refractivity contribution is 6.74. The van der Waals surface area contributed by atoms with Crippen LogP contribution in [0.1, 0.15) is 40.5 Å². The fourth-order valence-electron chi connectivity index (χ4n) is 1.39. The molecule has 0 aromatic carbocycles. The van der Waals surface area contributed by atoms with Gasteiger partial charge in [0.2, 0.25) is 0 Å². The Bertz CT molecular complexity index is 204. The van der Waals surface area contributed by atoms with Crippen molar-refractivity contribution < 1.29 is 9.16 Å². The third-order valence-corrected chi connectivity index (χ3v) is 8.20. The SMILES string of the molecule is C[C@H](CC[C@@H]1CO1)O[Si](C)(C)C(C)(C)C. The minimum atomic E-state index is -1.56. The van der Waals surface area contributed by atoms with E-state index >= 15 is 0 Å². The Morgan fingerprint density at radius 1 is 1.40 bits per heavy atom. The highest BCUT2D eigenvalue weighted by Gasteiger charge is 2.38. The number of ether oxygens (including phenoxy) is 1. The van der Waals surface area contributed by atoms with Crippen LogP contribution in [-0.2, 0) is 9.16 Å². The van der Waals surface area contributed by atoms with E-state index in [2.05, 4.69) is 40.8 Å². The van der Waals surface area contributed by atoms with Crippen molar-refractivity contribution in [2.45, 2.75) is 70.9 Å². The molecule has 1 aliphatic rings. The molecule has 0 amide bonds. The molecule has 0 radical (unpaired) electrons. The molecule has 2 atom stereocenters. The predicted molar refractivity (Wildman–Crippen MR) is 66.7 cm³/mol. The van der Waals surface area contributed by atoms with Gasteiger partial charge in [0, 0.05) is 6.10 Å². The summed E-state index contributed by atoms with van der Waals surface area (Å²) in [6, 6.07) is 0. The van der Waals surface area contributed by atoms with E-state index in [0.717, 1.165) is 19.4 Å². The van der Waals surface area contributed by atoms with Crippen LogP contribution in [0.3, 0.4) is 0 Å². The molecule has 15 heavy (non-hydrogen) atoms. The number of rotatable bonds is 5. The average Bonchev–Trinajstić information content (AvgIpc) is 2.80. The number of hydrogen-bond acceptors (Lipinski definition) is 2. The lowest BCUT2D eigenvalue weighted by molar-refractivity contribution is 0.182. The maximum absolute atomic E-state index is 6.26. The lowest BCUT2D eigenvalue weighted by atomic mass is 10.2. The van der Waals surface area contributed by atoms with Gasteiger partial charge in [-0.15, -0.1) is 0 Å². The molecule has 90 valence electrons. The molecule has 1 fully saturated rings. The van der Waals surface area contributed by atoms with Crippen LogP contribution < -0.4 is 0 Å². The molecule has 0 unspecified atom stereocenters. The van der Waals surface area contributed by atoms with Crippen molar-refractivity contribution in [2.24, 2.45) is 0 Å². The first-order chi connectivity index (χ1) is 6.72. The number of hydrogen-bond donors (Lipinski definition) is 0. The first-order valence-electron chi connectivity index (χ1n) is 6.02. The fraction of sp³-hybridized carbons (Fsp3) is 1.00. The molecule has 1 heterocycles. The van der Waals surface area contributed by atoms with E-state index in [9.17, 15) is 0 Å². The molecular formula is C12H26O2Si. The van der Waals surface area contributed by atoms with Crippen LogP contribution in [0.25, 0.3) is 0 Å². The van der Waals surface area contributed by atoms with Gasteiger partial charge in [0.25, 0.3) is 0 Å². The Hall–Kier alpha value is 0.137. The van der Waals surface area contributed by atoms with Gasteiger partial charge in [-0.25, -0.2) is 0 Å². The maximum atomic E-state index is 6.26. The lowest BCUT2D eigenvalue weighted by Gasteiger charge is -2.38. The largest absolute Gasteiger partial charge is 0.414 e. The second-order valence-corrected chi connectivity index (χ2v) is 11.0. The van der Waals surface area contributed by atoms with Gasteiger partial charge < -0.3 is 9.16 Å². The van der Waals surface area contributed by atoms with Gasteiger partial charge in [0.05, 0.1) is 12.7 Å². The van der Waals surface area contributed by atoms with Crippen LogP contribution in [0, 0.1) is 0 Å². The van der Waals surface area contributed by atoms with Crippen LogP contribution in [0.5, 0.6) is 0 Å². The predicted octanol–water partition coefficient (Wildman–Crippen LogP) is 3.58. The van der Waals surface area contributed by atoms with Crippen molar-refractivity contribution in [1.29, 1.82) is 0 Å². The summed E-state index contributed by atoms with van der Waals surface area (Å²) in [4.78, 5) is 0. The Balaban J connectivity index is 2.31. The second-order valence-electron chi connectivity index (χ2n) is 6.22. The lowest BCUT2D eigenvalue weighted by Crippen LogP contribution is -2.43. The summed E-state index contributed by atoms with van der Waals surface area (Å²) in [7, 11) is -1.56. The summed E-state index contributed by atoms with van der Waals surface area (Å²) in [6.07, 6.45) is 3.22. The van der Waals surface area contributed by atoms with Crippen LogP contribution in [0.4, 0.5) is 0 Å². The van der Waals surface area contributed by atoms with Gasteiger partial charge in [-0.05, 0) is 37.9 Å². The Morgan fingerprint density at radius 2 is 1.93 bits per heavy atom. The Morgan fingerprint density at radius 3 is 2.33 bits per heavy atom. The first-order valence-corrected chi connectivity index (χ1v) is 8.92. The third-order valence-electron chi connectivity index (χ3n) is 3.60. The van der Waals surface area contributed by atoms with Gasteiger partial charge >= 0.3 is 0 Å². The molecule has 0 N–H and O–H groups in total. The zero-order valence-corrected chi connectivity index (χ0v) is 12.1. The molecule has 1 aliphatic heterocycles. The highest BCUT2D eigenvalue weighted by atomic mass is 28.4. The van der Waals surface area contributed by atoms with E-state index in [-0.39, 0.29) is 0 Å².